The Labute approximate surface area is 185 Å². The fraction of sp³-hybridized carbons (Fsp3) is 0.208. The number of fused-ring (bicyclic) bond motifs is 1. The van der Waals surface area contributed by atoms with E-state index in [1.807, 2.05) is 6.07 Å². The van der Waals surface area contributed by atoms with Gasteiger partial charge < -0.3 is 25.8 Å². The van der Waals surface area contributed by atoms with Crippen molar-refractivity contribution in [3.63, 3.8) is 0 Å². The lowest BCUT2D eigenvalue weighted by molar-refractivity contribution is -0.121. The molecule has 2 heterocycles. The van der Waals surface area contributed by atoms with E-state index in [0.717, 1.165) is 16.7 Å². The lowest BCUT2D eigenvalue weighted by Gasteiger charge is -2.25. The van der Waals surface area contributed by atoms with E-state index in [-0.39, 0.29) is 24.2 Å². The van der Waals surface area contributed by atoms with Crippen LogP contribution >= 0.6 is 0 Å². The summed E-state index contributed by atoms with van der Waals surface area (Å²) in [6.07, 6.45) is 2.04. The monoisotopic (exact) mass is 432 g/mol. The Morgan fingerprint density at radius 2 is 1.91 bits per heavy atom. The Bertz CT molecular complexity index is 1190. The average Bonchev–Trinajstić information content (AvgIpc) is 2.78. The average molecular weight is 432 g/mol. The van der Waals surface area contributed by atoms with Crippen LogP contribution in [0.15, 0.2) is 54.7 Å². The Morgan fingerprint density at radius 3 is 2.66 bits per heavy atom. The molecule has 164 valence electrons. The molecule has 1 atom stereocenters. The van der Waals surface area contributed by atoms with Crippen LogP contribution in [0.4, 0.5) is 11.5 Å². The number of hydrogen-bond acceptors (Lipinski definition) is 6. The quantitative estimate of drug-likeness (QED) is 0.583. The van der Waals surface area contributed by atoms with Crippen molar-refractivity contribution in [3.05, 3.63) is 65.9 Å². The van der Waals surface area contributed by atoms with E-state index >= 15 is 0 Å². The highest BCUT2D eigenvalue weighted by Crippen LogP contribution is 2.32. The molecule has 4 N–H and O–H groups in total. The Hall–Kier alpha value is -4.07. The van der Waals surface area contributed by atoms with Gasteiger partial charge in [-0.15, -0.1) is 0 Å². The minimum Gasteiger partial charge on any atom is -0.508 e. The number of ether oxygens (including phenoxy) is 1. The maximum atomic E-state index is 13.0. The molecule has 0 saturated carbocycles. The maximum Gasteiger partial charge on any atom is 0.255 e. The zero-order chi connectivity index (χ0) is 22.8. The summed E-state index contributed by atoms with van der Waals surface area (Å²) in [6.45, 7) is 0.217. The van der Waals surface area contributed by atoms with Crippen molar-refractivity contribution in [2.75, 3.05) is 31.8 Å². The summed E-state index contributed by atoms with van der Waals surface area (Å²) in [6, 6.07) is 13.6. The summed E-state index contributed by atoms with van der Waals surface area (Å²) in [5.41, 5.74) is 8.95. The molecular formula is C24H24N4O4. The molecule has 0 bridgehead atoms. The smallest absolute Gasteiger partial charge is 0.255 e. The first-order chi connectivity index (χ1) is 15.3. The van der Waals surface area contributed by atoms with Crippen molar-refractivity contribution in [3.8, 4) is 22.6 Å². The van der Waals surface area contributed by atoms with Gasteiger partial charge in [0, 0.05) is 20.3 Å². The van der Waals surface area contributed by atoms with Gasteiger partial charge in [-0.3, -0.25) is 9.59 Å². The van der Waals surface area contributed by atoms with Gasteiger partial charge in [0.05, 0.1) is 17.2 Å². The predicted molar refractivity (Wildman–Crippen MR) is 122 cm³/mol. The van der Waals surface area contributed by atoms with Crippen molar-refractivity contribution in [2.45, 2.75) is 6.42 Å². The number of phenolic OH excluding ortho intramolecular Hbond substituents is 1. The fourth-order valence-electron chi connectivity index (χ4n) is 3.66. The number of carbonyl (C=O) groups is 2. The van der Waals surface area contributed by atoms with E-state index in [4.69, 9.17) is 10.5 Å². The highest BCUT2D eigenvalue weighted by molar-refractivity contribution is 6.05. The number of benzene rings is 2. The number of amides is 2. The number of rotatable bonds is 4. The topological polar surface area (TPSA) is 118 Å². The van der Waals surface area contributed by atoms with Crippen LogP contribution in [0.25, 0.3) is 11.1 Å². The van der Waals surface area contributed by atoms with Gasteiger partial charge >= 0.3 is 0 Å². The number of nitrogens with two attached hydrogens (primary N) is 1. The Balaban J connectivity index is 1.61. The minimum absolute atomic E-state index is 0.125. The molecule has 1 aliphatic rings. The number of anilines is 2. The third-order valence-corrected chi connectivity index (χ3v) is 5.35. The highest BCUT2D eigenvalue weighted by atomic mass is 16.5. The molecular weight excluding hydrogens is 408 g/mol. The second kappa shape index (κ2) is 8.58. The summed E-state index contributed by atoms with van der Waals surface area (Å²) in [5, 5.41) is 12.6. The van der Waals surface area contributed by atoms with Crippen molar-refractivity contribution < 1.29 is 19.4 Å². The largest absolute Gasteiger partial charge is 0.508 e. The van der Waals surface area contributed by atoms with Crippen LogP contribution in [0.1, 0.15) is 15.9 Å². The third-order valence-electron chi connectivity index (χ3n) is 5.35. The Morgan fingerprint density at radius 1 is 1.12 bits per heavy atom. The van der Waals surface area contributed by atoms with E-state index in [2.05, 4.69) is 10.3 Å². The Kier molecular flexibility index (Phi) is 5.68. The molecule has 1 unspecified atom stereocenters. The predicted octanol–water partition coefficient (Wildman–Crippen LogP) is 2.93. The van der Waals surface area contributed by atoms with E-state index in [9.17, 15) is 14.7 Å². The van der Waals surface area contributed by atoms with Gasteiger partial charge in [0.25, 0.3) is 5.91 Å². The number of hydrogen-bond donors (Lipinski definition) is 3. The number of nitrogens with one attached hydrogen (secondary N) is 1. The van der Waals surface area contributed by atoms with E-state index < -0.39 is 5.92 Å². The number of aromatic nitrogens is 1. The minimum atomic E-state index is -0.453. The van der Waals surface area contributed by atoms with Crippen LogP contribution < -0.4 is 15.8 Å². The molecule has 8 nitrogen and oxygen atoms in total. The molecule has 0 aliphatic carbocycles. The zero-order valence-electron chi connectivity index (χ0n) is 17.8. The van der Waals surface area contributed by atoms with Crippen LogP contribution in [-0.4, -0.2) is 47.5 Å². The molecule has 8 heteroatoms. The molecule has 4 rings (SSSR count). The SMILES string of the molecule is CN(C)C(=O)c1cc(-c2ccnc(N)c2)ccc1NC(=O)C1COc2ccc(O)cc2C1. The van der Waals surface area contributed by atoms with Gasteiger partial charge in [0.15, 0.2) is 0 Å². The molecule has 0 spiro atoms. The van der Waals surface area contributed by atoms with Gasteiger partial charge in [0.2, 0.25) is 5.91 Å². The first kappa shape index (κ1) is 21.2. The lowest BCUT2D eigenvalue weighted by atomic mass is 9.95. The number of pyridine rings is 1. The molecule has 0 radical (unpaired) electrons. The summed E-state index contributed by atoms with van der Waals surface area (Å²) < 4.78 is 5.69. The number of carbonyl (C=O) groups excluding carboxylic acids is 2. The van der Waals surface area contributed by atoms with Gasteiger partial charge in [-0.05, 0) is 65.6 Å². The number of nitrogens with zero attached hydrogens (tertiary/aromatic N) is 2. The standard InChI is InChI=1S/C24H24N4O4/c1-28(2)24(31)19-11-14(15-7-8-26-22(25)12-15)3-5-20(19)27-23(30)17-9-16-10-18(29)4-6-21(16)32-13-17/h3-8,10-12,17,29H,9,13H2,1-2H3,(H2,25,26)(H,27,30). The van der Waals surface area contributed by atoms with Crippen molar-refractivity contribution in [1.82, 2.24) is 9.88 Å². The lowest BCUT2D eigenvalue weighted by Crippen LogP contribution is -2.33. The van der Waals surface area contributed by atoms with Crippen LogP contribution in [0.5, 0.6) is 11.5 Å². The van der Waals surface area contributed by atoms with Gasteiger partial charge in [-0.25, -0.2) is 4.98 Å². The molecule has 3 aromatic rings. The van der Waals surface area contributed by atoms with Crippen LogP contribution in [0, 0.1) is 5.92 Å². The number of nitrogen functional groups attached to an aromatic ring is 1. The summed E-state index contributed by atoms with van der Waals surface area (Å²) in [5.74, 6) is 0.221. The molecule has 1 aliphatic heterocycles. The molecule has 0 fully saturated rings. The van der Waals surface area contributed by atoms with E-state index in [1.54, 1.807) is 62.8 Å². The fourth-order valence-corrected chi connectivity index (χ4v) is 3.66. The first-order valence-corrected chi connectivity index (χ1v) is 10.1. The van der Waals surface area contributed by atoms with Crippen molar-refractivity contribution >= 4 is 23.3 Å². The summed E-state index contributed by atoms with van der Waals surface area (Å²) >= 11 is 0. The van der Waals surface area contributed by atoms with Gasteiger partial charge in [-0.1, -0.05) is 6.07 Å². The molecule has 0 saturated heterocycles. The third kappa shape index (κ3) is 4.34. The molecule has 2 amide bonds. The van der Waals surface area contributed by atoms with Crippen LogP contribution in [-0.2, 0) is 11.2 Å². The number of phenols is 1. The van der Waals surface area contributed by atoms with Gasteiger partial charge in [0.1, 0.15) is 23.9 Å². The highest BCUT2D eigenvalue weighted by Gasteiger charge is 2.27. The summed E-state index contributed by atoms with van der Waals surface area (Å²) in [7, 11) is 3.31. The first-order valence-electron chi connectivity index (χ1n) is 10.1. The van der Waals surface area contributed by atoms with E-state index in [0.29, 0.717) is 29.2 Å². The van der Waals surface area contributed by atoms with Gasteiger partial charge in [-0.2, -0.15) is 0 Å². The normalized spacial score (nSPS) is 14.8. The second-order valence-corrected chi connectivity index (χ2v) is 7.92. The second-order valence-electron chi connectivity index (χ2n) is 7.92. The van der Waals surface area contributed by atoms with E-state index in [1.165, 1.54) is 4.90 Å². The zero-order valence-corrected chi connectivity index (χ0v) is 17.8. The van der Waals surface area contributed by atoms with Crippen LogP contribution in [0.3, 0.4) is 0 Å². The molecule has 32 heavy (non-hydrogen) atoms. The van der Waals surface area contributed by atoms with Crippen molar-refractivity contribution in [1.29, 1.82) is 0 Å². The van der Waals surface area contributed by atoms with Crippen molar-refractivity contribution in [2.24, 2.45) is 5.92 Å². The molecule has 1 aromatic heterocycles. The maximum absolute atomic E-state index is 13.0. The summed E-state index contributed by atoms with van der Waals surface area (Å²) in [4.78, 5) is 31.3. The van der Waals surface area contributed by atoms with Crippen LogP contribution in [0.2, 0.25) is 0 Å². The molecule has 2 aromatic carbocycles. The number of aromatic hydroxyl groups is 1.